The average molecular weight is 514 g/mol. The maximum Gasteiger partial charge on any atom is 0.338 e. The van der Waals surface area contributed by atoms with E-state index in [1.165, 1.54) is 6.07 Å². The molecule has 3 aromatic rings. The average Bonchev–Trinajstić information content (AvgIpc) is 2.77. The number of allylic oxidation sites excluding steroid dienone is 1. The Bertz CT molecular complexity index is 1370. The van der Waals surface area contributed by atoms with Crippen molar-refractivity contribution in [2.45, 2.75) is 13.5 Å². The zero-order valence-corrected chi connectivity index (χ0v) is 19.1. The first-order valence-electron chi connectivity index (χ1n) is 9.70. The topological polar surface area (TPSA) is 131 Å². The third-order valence-electron chi connectivity index (χ3n) is 4.83. The van der Waals surface area contributed by atoms with Crippen molar-refractivity contribution in [2.75, 3.05) is 6.54 Å². The number of para-hydroxylation sites is 1. The summed E-state index contributed by atoms with van der Waals surface area (Å²) in [5.74, 6) is -3.31. The van der Waals surface area contributed by atoms with E-state index < -0.39 is 41.1 Å². The van der Waals surface area contributed by atoms with Gasteiger partial charge in [0.2, 0.25) is 5.88 Å². The lowest BCUT2D eigenvalue weighted by Gasteiger charge is -2.16. The van der Waals surface area contributed by atoms with Gasteiger partial charge < -0.3 is 15.5 Å². The highest BCUT2D eigenvalue weighted by molar-refractivity contribution is 9.10. The zero-order chi connectivity index (χ0) is 24.3. The molecule has 0 bridgehead atoms. The Morgan fingerprint density at radius 2 is 1.73 bits per heavy atom. The first-order valence-corrected chi connectivity index (χ1v) is 10.5. The first kappa shape index (κ1) is 23.7. The Balaban J connectivity index is 2.23. The summed E-state index contributed by atoms with van der Waals surface area (Å²) in [5, 5.41) is 21.6. The third kappa shape index (κ3) is 4.96. The molecule has 0 atom stereocenters. The molecule has 3 N–H and O–H groups in total. The van der Waals surface area contributed by atoms with E-state index in [9.17, 15) is 24.3 Å². The molecule has 1 amide bonds. The van der Waals surface area contributed by atoms with E-state index in [2.05, 4.69) is 27.8 Å². The summed E-state index contributed by atoms with van der Waals surface area (Å²) in [5.41, 5.74) is -0.184. The van der Waals surface area contributed by atoms with E-state index in [1.54, 1.807) is 42.5 Å². The van der Waals surface area contributed by atoms with Gasteiger partial charge in [0.15, 0.2) is 5.56 Å². The number of aliphatic carboxylic acids is 1. The van der Waals surface area contributed by atoms with Gasteiger partial charge in [-0.15, -0.1) is 0 Å². The van der Waals surface area contributed by atoms with Crippen molar-refractivity contribution < 1.29 is 19.8 Å². The Morgan fingerprint density at radius 3 is 2.30 bits per heavy atom. The van der Waals surface area contributed by atoms with Gasteiger partial charge in [-0.05, 0) is 46.1 Å². The van der Waals surface area contributed by atoms with Crippen LogP contribution in [0.2, 0.25) is 0 Å². The van der Waals surface area contributed by atoms with E-state index >= 15 is 0 Å². The van der Waals surface area contributed by atoms with Gasteiger partial charge in [0.1, 0.15) is 6.54 Å². The largest absolute Gasteiger partial charge is 0.494 e. The van der Waals surface area contributed by atoms with E-state index in [0.717, 1.165) is 20.3 Å². The van der Waals surface area contributed by atoms with E-state index in [-0.39, 0.29) is 12.2 Å². The van der Waals surface area contributed by atoms with Gasteiger partial charge in [0, 0.05) is 4.47 Å². The van der Waals surface area contributed by atoms with Crippen molar-refractivity contribution in [3.8, 4) is 11.6 Å². The van der Waals surface area contributed by atoms with Crippen LogP contribution in [-0.4, -0.2) is 37.8 Å². The minimum absolute atomic E-state index is 0.148. The van der Waals surface area contributed by atoms with Crippen LogP contribution in [0, 0.1) is 0 Å². The van der Waals surface area contributed by atoms with Crippen molar-refractivity contribution in [3.63, 3.8) is 0 Å². The molecule has 3 rings (SSSR count). The summed E-state index contributed by atoms with van der Waals surface area (Å²) in [7, 11) is 0. The van der Waals surface area contributed by atoms with Crippen molar-refractivity contribution in [1.29, 1.82) is 0 Å². The monoisotopic (exact) mass is 513 g/mol. The van der Waals surface area contributed by atoms with Crippen LogP contribution in [0.5, 0.6) is 5.88 Å². The predicted molar refractivity (Wildman–Crippen MR) is 126 cm³/mol. The number of halogens is 1. The molecule has 2 aromatic carbocycles. The molecule has 0 radical (unpaired) electrons. The molecule has 0 saturated carbocycles. The summed E-state index contributed by atoms with van der Waals surface area (Å²) < 4.78 is 2.04. The molecular weight excluding hydrogens is 494 g/mol. The predicted octanol–water partition coefficient (Wildman–Crippen LogP) is 2.36. The number of nitrogens with zero attached hydrogens (tertiary/aromatic N) is 2. The molecule has 9 nitrogen and oxygen atoms in total. The molecular formula is C23H20BrN3O6. The number of amides is 1. The standard InChI is InChI=1S/C23H20BrN3O6/c1-13(2)15-9-7-14(8-10-15)12-26-21(31)19(20(30)25-11-18(28)29)22(32)27(23(26)33)17-6-4-3-5-16(17)24/h3-10,31H,1,11-12H2,2H3,(H,25,30)(H,28,29). The number of hydrogen-bond donors (Lipinski definition) is 3. The maximum atomic E-state index is 13.3. The van der Waals surface area contributed by atoms with E-state index in [0.29, 0.717) is 10.0 Å². The number of carbonyl (C=O) groups is 2. The van der Waals surface area contributed by atoms with Gasteiger partial charge in [0.05, 0.1) is 12.2 Å². The van der Waals surface area contributed by atoms with Gasteiger partial charge in [-0.3, -0.25) is 19.0 Å². The van der Waals surface area contributed by atoms with Crippen LogP contribution < -0.4 is 16.6 Å². The second kappa shape index (κ2) is 9.70. The summed E-state index contributed by atoms with van der Waals surface area (Å²) in [6.45, 7) is 4.80. The van der Waals surface area contributed by atoms with Gasteiger partial charge in [0.25, 0.3) is 11.5 Å². The molecule has 0 unspecified atom stereocenters. The highest BCUT2D eigenvalue weighted by Gasteiger charge is 2.26. The lowest BCUT2D eigenvalue weighted by molar-refractivity contribution is -0.135. The highest BCUT2D eigenvalue weighted by Crippen LogP contribution is 2.21. The Hall–Kier alpha value is -3.92. The number of carboxylic acids is 1. The van der Waals surface area contributed by atoms with Gasteiger partial charge in [-0.1, -0.05) is 48.6 Å². The number of rotatable bonds is 7. The normalized spacial score (nSPS) is 10.6. The number of hydrogen-bond acceptors (Lipinski definition) is 5. The number of benzene rings is 2. The summed E-state index contributed by atoms with van der Waals surface area (Å²) in [4.78, 5) is 49.9. The molecule has 170 valence electrons. The zero-order valence-electron chi connectivity index (χ0n) is 17.5. The minimum atomic E-state index is -1.33. The van der Waals surface area contributed by atoms with Crippen LogP contribution in [0.25, 0.3) is 11.3 Å². The van der Waals surface area contributed by atoms with Gasteiger partial charge in [-0.2, -0.15) is 0 Å². The number of aromatic nitrogens is 2. The molecule has 0 spiro atoms. The maximum absolute atomic E-state index is 13.3. The fraction of sp³-hybridized carbons (Fsp3) is 0.130. The summed E-state index contributed by atoms with van der Waals surface area (Å²) in [6.07, 6.45) is 0. The molecule has 33 heavy (non-hydrogen) atoms. The quantitative estimate of drug-likeness (QED) is 0.444. The highest BCUT2D eigenvalue weighted by atomic mass is 79.9. The fourth-order valence-electron chi connectivity index (χ4n) is 3.15. The molecule has 0 aliphatic heterocycles. The SMILES string of the molecule is C=C(C)c1ccc(Cn2c(O)c(C(=O)NCC(=O)O)c(=O)n(-c3ccccc3Br)c2=O)cc1. The number of nitrogens with one attached hydrogen (secondary N) is 1. The van der Waals surface area contributed by atoms with Crippen LogP contribution in [0.4, 0.5) is 0 Å². The summed E-state index contributed by atoms with van der Waals surface area (Å²) in [6, 6.07) is 13.4. The smallest absolute Gasteiger partial charge is 0.338 e. The summed E-state index contributed by atoms with van der Waals surface area (Å²) >= 11 is 3.29. The molecule has 1 heterocycles. The van der Waals surface area contributed by atoms with Crippen LogP contribution in [0.3, 0.4) is 0 Å². The van der Waals surface area contributed by atoms with E-state index in [1.807, 2.05) is 6.92 Å². The third-order valence-corrected chi connectivity index (χ3v) is 5.50. The lowest BCUT2D eigenvalue weighted by atomic mass is 10.1. The Kier molecular flexibility index (Phi) is 6.98. The van der Waals surface area contributed by atoms with Gasteiger partial charge >= 0.3 is 11.7 Å². The second-order valence-electron chi connectivity index (χ2n) is 7.21. The lowest BCUT2D eigenvalue weighted by Crippen LogP contribution is -2.44. The minimum Gasteiger partial charge on any atom is -0.494 e. The van der Waals surface area contributed by atoms with Crippen molar-refractivity contribution in [3.05, 3.63) is 97.1 Å². The fourth-order valence-corrected chi connectivity index (χ4v) is 3.61. The second-order valence-corrected chi connectivity index (χ2v) is 8.07. The molecule has 0 aliphatic rings. The van der Waals surface area contributed by atoms with Crippen LogP contribution in [0.15, 0.2) is 69.2 Å². The van der Waals surface area contributed by atoms with Crippen LogP contribution in [-0.2, 0) is 11.3 Å². The molecule has 0 fully saturated rings. The van der Waals surface area contributed by atoms with Gasteiger partial charge in [-0.25, -0.2) is 9.36 Å². The number of carboxylic acid groups (broad SMARTS) is 1. The Labute approximate surface area is 196 Å². The molecule has 0 aliphatic carbocycles. The van der Waals surface area contributed by atoms with Crippen molar-refractivity contribution in [1.82, 2.24) is 14.5 Å². The van der Waals surface area contributed by atoms with E-state index in [4.69, 9.17) is 5.11 Å². The molecule has 10 heteroatoms. The molecule has 1 aromatic heterocycles. The Morgan fingerprint density at radius 1 is 1.09 bits per heavy atom. The number of carbonyl (C=O) groups excluding carboxylic acids is 1. The van der Waals surface area contributed by atoms with Crippen LogP contribution >= 0.6 is 15.9 Å². The van der Waals surface area contributed by atoms with Crippen LogP contribution in [0.1, 0.15) is 28.4 Å². The first-order chi connectivity index (χ1) is 15.6. The van der Waals surface area contributed by atoms with Crippen molar-refractivity contribution >= 4 is 33.4 Å². The number of aromatic hydroxyl groups is 1. The van der Waals surface area contributed by atoms with Crippen molar-refractivity contribution in [2.24, 2.45) is 0 Å². The molecule has 0 saturated heterocycles.